The molecule has 2 saturated heterocycles. The molecule has 0 N–H and O–H groups in total. The first-order chi connectivity index (χ1) is 15.2. The Morgan fingerprint density at radius 1 is 1.22 bits per heavy atom. The summed E-state index contributed by atoms with van der Waals surface area (Å²) in [6.45, 7) is 1.10. The number of benzene rings is 1. The summed E-state index contributed by atoms with van der Waals surface area (Å²) in [7, 11) is 2.21. The Labute approximate surface area is 186 Å². The summed E-state index contributed by atoms with van der Waals surface area (Å²) < 4.78 is 44.1. The topological polar surface area (TPSA) is 98.1 Å². The standard InChI is InChI=1S/C21H29N3O7P/c1-24(2,3)12-13-28-32(26)29-15-17-18(31-32)19(27-14-16-8-5-4-6-9-16)20(30-17)23-11-7-10-22-21(23)25/h4-11,17-20H,12-15H2,1-3H3/q+1/t17-,18-,19?,20-,32?/m1/s1. The number of hydrogen-bond donors (Lipinski definition) is 0. The lowest BCUT2D eigenvalue weighted by molar-refractivity contribution is -0.870. The lowest BCUT2D eigenvalue weighted by Gasteiger charge is -2.32. The highest BCUT2D eigenvalue weighted by molar-refractivity contribution is 7.48. The van der Waals surface area contributed by atoms with Crippen LogP contribution in [0.3, 0.4) is 0 Å². The average molecular weight is 466 g/mol. The SMILES string of the molecule is C[N+](C)(C)CCOP1(=O)OC[C@H]2O[C@@H](n3cccnc3=O)C(OCc3ccccc3)[C@@H]2O1. The van der Waals surface area contributed by atoms with E-state index in [4.69, 9.17) is 23.0 Å². The fourth-order valence-electron chi connectivity index (χ4n) is 3.54. The van der Waals surface area contributed by atoms with Crippen LogP contribution in [0.1, 0.15) is 11.8 Å². The normalized spacial score (nSPS) is 30.2. The third-order valence-electron chi connectivity index (χ3n) is 5.24. The molecule has 0 bridgehead atoms. The smallest absolute Gasteiger partial charge is 0.366 e. The third kappa shape index (κ3) is 5.52. The number of ether oxygens (including phenoxy) is 2. The van der Waals surface area contributed by atoms with Crippen LogP contribution in [0.2, 0.25) is 0 Å². The van der Waals surface area contributed by atoms with Crippen molar-refractivity contribution >= 4 is 7.82 Å². The zero-order valence-corrected chi connectivity index (χ0v) is 19.3. The molecule has 32 heavy (non-hydrogen) atoms. The van der Waals surface area contributed by atoms with E-state index in [1.807, 2.05) is 51.5 Å². The Morgan fingerprint density at radius 3 is 2.72 bits per heavy atom. The monoisotopic (exact) mass is 466 g/mol. The number of rotatable bonds is 8. The Kier molecular flexibility index (Phi) is 6.92. The molecule has 0 spiro atoms. The summed E-state index contributed by atoms with van der Waals surface area (Å²) in [6, 6.07) is 11.2. The number of aromatic nitrogens is 2. The van der Waals surface area contributed by atoms with Gasteiger partial charge in [-0.25, -0.2) is 14.3 Å². The van der Waals surface area contributed by atoms with E-state index >= 15 is 0 Å². The number of likely N-dealkylation sites (N-methyl/N-ethyl adjacent to an activating group) is 1. The number of hydrogen-bond acceptors (Lipinski definition) is 8. The predicted molar refractivity (Wildman–Crippen MR) is 115 cm³/mol. The Morgan fingerprint density at radius 2 is 2.00 bits per heavy atom. The predicted octanol–water partition coefficient (Wildman–Crippen LogP) is 1.97. The quantitative estimate of drug-likeness (QED) is 0.430. The van der Waals surface area contributed by atoms with Crippen molar-refractivity contribution in [2.75, 3.05) is 40.9 Å². The first kappa shape index (κ1) is 23.3. The van der Waals surface area contributed by atoms with Crippen molar-refractivity contribution in [1.82, 2.24) is 9.55 Å². The van der Waals surface area contributed by atoms with E-state index in [2.05, 4.69) is 4.98 Å². The van der Waals surface area contributed by atoms with Crippen LogP contribution in [0.5, 0.6) is 0 Å². The molecule has 1 aromatic carbocycles. The van der Waals surface area contributed by atoms with Gasteiger partial charge in [0.05, 0.1) is 34.4 Å². The molecule has 1 aromatic heterocycles. The van der Waals surface area contributed by atoms with Crippen molar-refractivity contribution in [3.05, 3.63) is 64.8 Å². The maximum atomic E-state index is 13.1. The van der Waals surface area contributed by atoms with Crippen LogP contribution in [-0.2, 0) is 34.2 Å². The molecular weight excluding hydrogens is 437 g/mol. The van der Waals surface area contributed by atoms with Crippen LogP contribution in [0, 0.1) is 0 Å². The van der Waals surface area contributed by atoms with Gasteiger partial charge in [0.25, 0.3) is 0 Å². The van der Waals surface area contributed by atoms with Gasteiger partial charge in [0, 0.05) is 12.4 Å². The first-order valence-corrected chi connectivity index (χ1v) is 11.9. The molecule has 0 saturated carbocycles. The Hall–Kier alpha value is -1.91. The lowest BCUT2D eigenvalue weighted by atomic mass is 10.1. The van der Waals surface area contributed by atoms with Gasteiger partial charge in [-0.15, -0.1) is 0 Å². The highest BCUT2D eigenvalue weighted by Crippen LogP contribution is 2.57. The van der Waals surface area contributed by atoms with Crippen LogP contribution in [0.25, 0.3) is 0 Å². The summed E-state index contributed by atoms with van der Waals surface area (Å²) in [5.41, 5.74) is 0.468. The Balaban J connectivity index is 1.54. The fraction of sp³-hybridized carbons (Fsp3) is 0.524. The third-order valence-corrected chi connectivity index (χ3v) is 6.71. The van der Waals surface area contributed by atoms with Crippen molar-refractivity contribution in [2.45, 2.75) is 31.1 Å². The molecule has 174 valence electrons. The summed E-state index contributed by atoms with van der Waals surface area (Å²) in [4.78, 5) is 16.2. The van der Waals surface area contributed by atoms with Gasteiger partial charge in [0.2, 0.25) is 0 Å². The van der Waals surface area contributed by atoms with Gasteiger partial charge >= 0.3 is 13.5 Å². The van der Waals surface area contributed by atoms with Crippen LogP contribution in [-0.4, -0.2) is 73.2 Å². The molecule has 2 aromatic rings. The van der Waals surface area contributed by atoms with Crippen LogP contribution in [0.15, 0.2) is 53.6 Å². The molecular formula is C21H29N3O7P+. The fourth-order valence-corrected chi connectivity index (χ4v) is 4.92. The van der Waals surface area contributed by atoms with Crippen molar-refractivity contribution in [2.24, 2.45) is 0 Å². The van der Waals surface area contributed by atoms with E-state index < -0.39 is 38.1 Å². The van der Waals surface area contributed by atoms with Gasteiger partial charge in [-0.1, -0.05) is 30.3 Å². The van der Waals surface area contributed by atoms with Crippen LogP contribution >= 0.6 is 7.82 Å². The minimum Gasteiger partial charge on any atom is -0.366 e. The van der Waals surface area contributed by atoms with Crippen molar-refractivity contribution in [3.63, 3.8) is 0 Å². The molecule has 2 unspecified atom stereocenters. The molecule has 10 nitrogen and oxygen atoms in total. The summed E-state index contributed by atoms with van der Waals surface area (Å²) in [6.07, 6.45) is 0.152. The van der Waals surface area contributed by atoms with E-state index in [0.717, 1.165) is 5.56 Å². The summed E-state index contributed by atoms with van der Waals surface area (Å²) in [5.74, 6) is 0. The lowest BCUT2D eigenvalue weighted by Crippen LogP contribution is -2.42. The molecule has 0 radical (unpaired) electrons. The van der Waals surface area contributed by atoms with E-state index in [1.54, 1.807) is 12.3 Å². The van der Waals surface area contributed by atoms with E-state index in [1.165, 1.54) is 10.8 Å². The second-order valence-corrected chi connectivity index (χ2v) is 10.4. The highest BCUT2D eigenvalue weighted by Gasteiger charge is 2.54. The minimum atomic E-state index is -3.81. The van der Waals surface area contributed by atoms with E-state index in [0.29, 0.717) is 11.0 Å². The molecule has 4 rings (SSSR count). The molecule has 0 amide bonds. The van der Waals surface area contributed by atoms with Crippen molar-refractivity contribution in [1.29, 1.82) is 0 Å². The maximum absolute atomic E-state index is 13.1. The number of nitrogens with zero attached hydrogens (tertiary/aromatic N) is 3. The minimum absolute atomic E-state index is 0.00301. The van der Waals surface area contributed by atoms with Crippen LogP contribution in [0.4, 0.5) is 0 Å². The van der Waals surface area contributed by atoms with Gasteiger partial charge in [-0.3, -0.25) is 18.1 Å². The number of phosphoric acid groups is 1. The van der Waals surface area contributed by atoms with E-state index in [-0.39, 0.29) is 19.8 Å². The van der Waals surface area contributed by atoms with Gasteiger partial charge in [-0.05, 0) is 11.6 Å². The second-order valence-electron chi connectivity index (χ2n) is 8.80. The average Bonchev–Trinajstić information content (AvgIpc) is 3.09. The molecule has 2 aliphatic heterocycles. The van der Waals surface area contributed by atoms with Gasteiger partial charge in [0.15, 0.2) is 6.23 Å². The summed E-state index contributed by atoms with van der Waals surface area (Å²) >= 11 is 0. The number of quaternary nitrogens is 1. The van der Waals surface area contributed by atoms with Gasteiger partial charge < -0.3 is 14.0 Å². The van der Waals surface area contributed by atoms with E-state index in [9.17, 15) is 9.36 Å². The highest BCUT2D eigenvalue weighted by atomic mass is 31.2. The Bertz CT molecular complexity index is 1010. The van der Waals surface area contributed by atoms with Crippen molar-refractivity contribution in [3.8, 4) is 0 Å². The molecule has 11 heteroatoms. The van der Waals surface area contributed by atoms with Crippen LogP contribution < -0.4 is 5.69 Å². The molecule has 0 aliphatic carbocycles. The summed E-state index contributed by atoms with van der Waals surface area (Å²) in [5, 5.41) is 0. The molecule has 3 heterocycles. The molecule has 5 atom stereocenters. The zero-order chi connectivity index (χ0) is 22.8. The molecule has 2 fully saturated rings. The van der Waals surface area contributed by atoms with Gasteiger partial charge in [-0.2, -0.15) is 0 Å². The maximum Gasteiger partial charge on any atom is 0.475 e. The number of phosphoric ester groups is 1. The van der Waals surface area contributed by atoms with Crippen molar-refractivity contribution < 1.29 is 32.1 Å². The second kappa shape index (κ2) is 9.52. The number of fused-ring (bicyclic) bond motifs is 1. The molecule has 2 aliphatic rings. The van der Waals surface area contributed by atoms with Gasteiger partial charge in [0.1, 0.15) is 31.5 Å². The largest absolute Gasteiger partial charge is 0.475 e. The first-order valence-electron chi connectivity index (χ1n) is 10.5. The zero-order valence-electron chi connectivity index (χ0n) is 18.4.